The van der Waals surface area contributed by atoms with Gasteiger partial charge in [-0.05, 0) is 18.4 Å². The summed E-state index contributed by atoms with van der Waals surface area (Å²) in [4.78, 5) is 34.8. The van der Waals surface area contributed by atoms with Crippen molar-refractivity contribution in [3.8, 4) is 11.6 Å². The van der Waals surface area contributed by atoms with Gasteiger partial charge in [-0.3, -0.25) is 10.1 Å². The van der Waals surface area contributed by atoms with Crippen LogP contribution in [0.3, 0.4) is 0 Å². The number of nitro groups is 1. The first-order chi connectivity index (χ1) is 15.1. The first-order valence-corrected chi connectivity index (χ1v) is 9.90. The highest BCUT2D eigenvalue weighted by Gasteiger charge is 2.32. The summed E-state index contributed by atoms with van der Waals surface area (Å²) in [5.41, 5.74) is -0.306. The highest BCUT2D eigenvalue weighted by molar-refractivity contribution is 5.88. The monoisotopic (exact) mass is 423 g/mol. The second-order valence-corrected chi connectivity index (χ2v) is 6.86. The van der Waals surface area contributed by atoms with Crippen LogP contribution in [0.2, 0.25) is 0 Å². The van der Waals surface area contributed by atoms with Crippen LogP contribution in [0, 0.1) is 10.1 Å². The lowest BCUT2D eigenvalue weighted by Crippen LogP contribution is -2.49. The van der Waals surface area contributed by atoms with Crippen molar-refractivity contribution in [1.29, 1.82) is 0 Å². The van der Waals surface area contributed by atoms with E-state index in [1.807, 2.05) is 36.4 Å². The maximum Gasteiger partial charge on any atom is 0.409 e. The van der Waals surface area contributed by atoms with Gasteiger partial charge in [-0.1, -0.05) is 36.4 Å². The average molecular weight is 423 g/mol. The molecule has 3 aromatic rings. The van der Waals surface area contributed by atoms with Gasteiger partial charge in [0.1, 0.15) is 12.1 Å². The molecular weight excluding hydrogens is 402 g/mol. The van der Waals surface area contributed by atoms with E-state index >= 15 is 0 Å². The van der Waals surface area contributed by atoms with E-state index in [1.54, 1.807) is 22.8 Å². The summed E-state index contributed by atoms with van der Waals surface area (Å²) in [6.07, 6.45) is 0.861. The number of hydrogen-bond acceptors (Lipinski definition) is 8. The molecule has 1 aromatic heterocycles. The Morgan fingerprint density at radius 3 is 2.58 bits per heavy atom. The molecule has 0 N–H and O–H groups in total. The number of nitrogens with zero attached hydrogens (tertiary/aromatic N) is 5. The largest absolute Gasteiger partial charge is 0.450 e. The Morgan fingerprint density at radius 1 is 1.10 bits per heavy atom. The Kier molecular flexibility index (Phi) is 5.78. The van der Waals surface area contributed by atoms with E-state index < -0.39 is 4.92 Å². The third kappa shape index (κ3) is 4.18. The summed E-state index contributed by atoms with van der Waals surface area (Å²) in [5.74, 6) is 0.510. The number of ether oxygens (including phenoxy) is 2. The van der Waals surface area contributed by atoms with E-state index in [1.165, 1.54) is 6.33 Å². The number of fused-ring (bicyclic) bond motifs is 1. The molecule has 4 rings (SSSR count). The van der Waals surface area contributed by atoms with E-state index in [0.29, 0.717) is 38.5 Å². The molecule has 31 heavy (non-hydrogen) atoms. The molecule has 2 aromatic carbocycles. The number of benzene rings is 2. The van der Waals surface area contributed by atoms with Crippen molar-refractivity contribution in [3.05, 3.63) is 58.9 Å². The first kappa shape index (κ1) is 20.3. The van der Waals surface area contributed by atoms with Gasteiger partial charge < -0.3 is 19.3 Å². The molecule has 0 atom stereocenters. The van der Waals surface area contributed by atoms with Crippen LogP contribution >= 0.6 is 0 Å². The fourth-order valence-electron chi connectivity index (χ4n) is 3.52. The van der Waals surface area contributed by atoms with E-state index in [4.69, 9.17) is 9.47 Å². The summed E-state index contributed by atoms with van der Waals surface area (Å²) in [7, 11) is 0. The van der Waals surface area contributed by atoms with E-state index in [9.17, 15) is 14.9 Å². The van der Waals surface area contributed by atoms with E-state index in [-0.39, 0.29) is 23.5 Å². The number of carbonyl (C=O) groups excluding carboxylic acids is 1. The smallest absolute Gasteiger partial charge is 0.409 e. The number of amides is 1. The summed E-state index contributed by atoms with van der Waals surface area (Å²) in [6.45, 7) is 3.55. The second kappa shape index (κ2) is 8.82. The highest BCUT2D eigenvalue weighted by atomic mass is 16.6. The molecule has 1 fully saturated rings. The van der Waals surface area contributed by atoms with Gasteiger partial charge in [0.15, 0.2) is 0 Å². The minimum atomic E-state index is -0.534. The van der Waals surface area contributed by atoms with Gasteiger partial charge in [0.25, 0.3) is 0 Å². The molecule has 1 amide bonds. The number of aromatic nitrogens is 2. The molecule has 1 saturated heterocycles. The zero-order valence-electron chi connectivity index (χ0n) is 16.9. The summed E-state index contributed by atoms with van der Waals surface area (Å²) < 4.78 is 10.9. The number of hydrogen-bond donors (Lipinski definition) is 0. The first-order valence-electron chi connectivity index (χ1n) is 9.90. The fourth-order valence-corrected chi connectivity index (χ4v) is 3.52. The van der Waals surface area contributed by atoms with E-state index in [0.717, 1.165) is 10.8 Å². The van der Waals surface area contributed by atoms with Crippen LogP contribution in [-0.2, 0) is 4.74 Å². The lowest BCUT2D eigenvalue weighted by molar-refractivity contribution is -0.385. The second-order valence-electron chi connectivity index (χ2n) is 6.86. The Morgan fingerprint density at radius 2 is 1.84 bits per heavy atom. The Hall–Kier alpha value is -3.95. The molecule has 1 aliphatic heterocycles. The summed E-state index contributed by atoms with van der Waals surface area (Å²) in [5, 5.41) is 13.7. The van der Waals surface area contributed by atoms with Gasteiger partial charge in [-0.15, -0.1) is 0 Å². The van der Waals surface area contributed by atoms with Crippen molar-refractivity contribution in [1.82, 2.24) is 14.9 Å². The van der Waals surface area contributed by atoms with Gasteiger partial charge in [0.05, 0.1) is 11.5 Å². The summed E-state index contributed by atoms with van der Waals surface area (Å²) in [6, 6.07) is 13.1. The van der Waals surface area contributed by atoms with Crippen molar-refractivity contribution < 1.29 is 19.2 Å². The number of carbonyl (C=O) groups is 1. The Balaban J connectivity index is 1.62. The van der Waals surface area contributed by atoms with Crippen molar-refractivity contribution in [3.63, 3.8) is 0 Å². The SMILES string of the molecule is CCOC(=O)N1CCN(c2ncnc(Oc3cccc4ccccc34)c2[N+](=O)[O-])CC1. The molecule has 1 aliphatic rings. The van der Waals surface area contributed by atoms with Crippen LogP contribution in [0.15, 0.2) is 48.8 Å². The van der Waals surface area contributed by atoms with Crippen molar-refractivity contribution in [2.45, 2.75) is 6.92 Å². The highest BCUT2D eigenvalue weighted by Crippen LogP contribution is 2.38. The van der Waals surface area contributed by atoms with Crippen LogP contribution in [0.25, 0.3) is 10.8 Å². The lowest BCUT2D eigenvalue weighted by atomic mass is 10.1. The third-order valence-corrected chi connectivity index (χ3v) is 5.01. The average Bonchev–Trinajstić information content (AvgIpc) is 2.79. The van der Waals surface area contributed by atoms with Crippen LogP contribution in [0.4, 0.5) is 16.3 Å². The van der Waals surface area contributed by atoms with Gasteiger partial charge >= 0.3 is 17.7 Å². The molecule has 0 unspecified atom stereocenters. The molecule has 0 bridgehead atoms. The Bertz CT molecular complexity index is 1110. The molecule has 0 saturated carbocycles. The molecule has 2 heterocycles. The van der Waals surface area contributed by atoms with Crippen LogP contribution in [0.5, 0.6) is 11.6 Å². The minimum Gasteiger partial charge on any atom is -0.450 e. The minimum absolute atomic E-state index is 0.126. The standard InChI is InChI=1S/C21H21N5O5/c1-2-30-21(27)25-12-10-24(11-13-25)19-18(26(28)29)20(23-14-22-19)31-17-9-5-7-15-6-3-4-8-16(15)17/h3-9,14H,2,10-13H2,1H3. The maximum absolute atomic E-state index is 11.9. The van der Waals surface area contributed by atoms with Gasteiger partial charge in [-0.2, -0.15) is 4.98 Å². The lowest BCUT2D eigenvalue weighted by Gasteiger charge is -2.34. The van der Waals surface area contributed by atoms with Crippen molar-refractivity contribution in [2.75, 3.05) is 37.7 Å². The molecule has 0 spiro atoms. The molecule has 160 valence electrons. The van der Waals surface area contributed by atoms with Gasteiger partial charge in [0.2, 0.25) is 5.82 Å². The van der Waals surface area contributed by atoms with Crippen LogP contribution < -0.4 is 9.64 Å². The Labute approximate surface area is 178 Å². The molecule has 10 heteroatoms. The summed E-state index contributed by atoms with van der Waals surface area (Å²) >= 11 is 0. The molecule has 0 radical (unpaired) electrons. The maximum atomic E-state index is 11.9. The van der Waals surface area contributed by atoms with Gasteiger partial charge in [-0.25, -0.2) is 9.78 Å². The molecular formula is C21H21N5O5. The predicted octanol–water partition coefficient (Wildman–Crippen LogP) is 3.61. The van der Waals surface area contributed by atoms with Crippen molar-refractivity contribution in [2.24, 2.45) is 0 Å². The number of anilines is 1. The fraction of sp³-hybridized carbons (Fsp3) is 0.286. The zero-order chi connectivity index (χ0) is 21.8. The molecule has 0 aliphatic carbocycles. The van der Waals surface area contributed by atoms with Crippen LogP contribution in [0.1, 0.15) is 6.92 Å². The number of rotatable bonds is 5. The predicted molar refractivity (Wildman–Crippen MR) is 114 cm³/mol. The zero-order valence-corrected chi connectivity index (χ0v) is 16.9. The third-order valence-electron chi connectivity index (χ3n) is 5.01. The molecule has 10 nitrogen and oxygen atoms in total. The normalized spacial score (nSPS) is 13.8. The quantitative estimate of drug-likeness (QED) is 0.452. The van der Waals surface area contributed by atoms with Crippen LogP contribution in [-0.4, -0.2) is 58.7 Å². The van der Waals surface area contributed by atoms with Crippen molar-refractivity contribution >= 4 is 28.4 Å². The topological polar surface area (TPSA) is 111 Å². The van der Waals surface area contributed by atoms with Gasteiger partial charge in [0, 0.05) is 31.6 Å². The number of piperazine rings is 1. The van der Waals surface area contributed by atoms with E-state index in [2.05, 4.69) is 9.97 Å².